The van der Waals surface area contributed by atoms with Gasteiger partial charge in [-0.2, -0.15) is 0 Å². The molecule has 1 aromatic carbocycles. The molecule has 0 radical (unpaired) electrons. The van der Waals surface area contributed by atoms with Gasteiger partial charge in [-0.05, 0) is 48.6 Å². The van der Waals surface area contributed by atoms with Crippen molar-refractivity contribution in [2.24, 2.45) is 5.92 Å². The number of amides is 1. The van der Waals surface area contributed by atoms with Crippen LogP contribution in [0.2, 0.25) is 0 Å². The van der Waals surface area contributed by atoms with Crippen molar-refractivity contribution in [2.45, 2.75) is 26.8 Å². The highest BCUT2D eigenvalue weighted by atomic mass is 32.1. The summed E-state index contributed by atoms with van der Waals surface area (Å²) in [7, 11) is 0. The van der Waals surface area contributed by atoms with E-state index in [2.05, 4.69) is 29.2 Å². The van der Waals surface area contributed by atoms with Gasteiger partial charge in [0.1, 0.15) is 11.6 Å². The van der Waals surface area contributed by atoms with Gasteiger partial charge in [0.25, 0.3) is 5.91 Å². The zero-order valence-corrected chi connectivity index (χ0v) is 15.0. The predicted molar refractivity (Wildman–Crippen MR) is 95.4 cm³/mol. The molecular formula is C18H19FN4OS. The van der Waals surface area contributed by atoms with E-state index < -0.39 is 0 Å². The number of thiophene rings is 1. The predicted octanol–water partition coefficient (Wildman–Crippen LogP) is 3.90. The van der Waals surface area contributed by atoms with Gasteiger partial charge in [0.2, 0.25) is 5.82 Å². The molecular weight excluding hydrogens is 339 g/mol. The van der Waals surface area contributed by atoms with E-state index in [-0.39, 0.29) is 29.5 Å². The van der Waals surface area contributed by atoms with Crippen LogP contribution in [0.1, 0.15) is 41.2 Å². The molecule has 0 aliphatic rings. The Kier molecular flexibility index (Phi) is 4.94. The molecule has 1 amide bonds. The van der Waals surface area contributed by atoms with Crippen LogP contribution in [0.3, 0.4) is 0 Å². The quantitative estimate of drug-likeness (QED) is 0.752. The van der Waals surface area contributed by atoms with E-state index in [1.54, 1.807) is 30.4 Å². The number of aryl methyl sites for hydroxylation is 1. The first-order chi connectivity index (χ1) is 12.0. The van der Waals surface area contributed by atoms with E-state index >= 15 is 0 Å². The summed E-state index contributed by atoms with van der Waals surface area (Å²) in [5, 5.41) is 9.28. The van der Waals surface area contributed by atoms with Crippen molar-refractivity contribution >= 4 is 17.2 Å². The van der Waals surface area contributed by atoms with Crippen LogP contribution in [0.25, 0.3) is 5.69 Å². The number of benzene rings is 1. The van der Waals surface area contributed by atoms with Crippen molar-refractivity contribution in [1.82, 2.24) is 20.1 Å². The summed E-state index contributed by atoms with van der Waals surface area (Å²) < 4.78 is 14.6. The molecule has 3 rings (SSSR count). The number of halogens is 1. The van der Waals surface area contributed by atoms with E-state index in [9.17, 15) is 9.18 Å². The smallest absolute Gasteiger partial charge is 0.291 e. The van der Waals surface area contributed by atoms with Gasteiger partial charge in [0, 0.05) is 4.88 Å². The van der Waals surface area contributed by atoms with Crippen molar-refractivity contribution in [3.8, 4) is 5.69 Å². The Labute approximate surface area is 149 Å². The highest BCUT2D eigenvalue weighted by molar-refractivity contribution is 7.10. The van der Waals surface area contributed by atoms with E-state index in [0.29, 0.717) is 11.5 Å². The van der Waals surface area contributed by atoms with Gasteiger partial charge in [-0.25, -0.2) is 14.1 Å². The van der Waals surface area contributed by atoms with Gasteiger partial charge in [0.15, 0.2) is 0 Å². The fourth-order valence-corrected chi connectivity index (χ4v) is 3.50. The van der Waals surface area contributed by atoms with E-state index in [1.165, 1.54) is 16.8 Å². The summed E-state index contributed by atoms with van der Waals surface area (Å²) in [6.45, 7) is 5.87. The van der Waals surface area contributed by atoms with Crippen molar-refractivity contribution in [3.63, 3.8) is 0 Å². The van der Waals surface area contributed by atoms with Crippen LogP contribution in [0.5, 0.6) is 0 Å². The molecule has 0 aliphatic carbocycles. The third-order valence-corrected chi connectivity index (χ3v) is 4.80. The first-order valence-electron chi connectivity index (χ1n) is 7.99. The Hall–Kier alpha value is -2.54. The zero-order valence-electron chi connectivity index (χ0n) is 14.2. The third-order valence-electron chi connectivity index (χ3n) is 3.85. The van der Waals surface area contributed by atoms with Gasteiger partial charge in [0.05, 0.1) is 11.7 Å². The second-order valence-electron chi connectivity index (χ2n) is 6.08. The summed E-state index contributed by atoms with van der Waals surface area (Å²) in [6, 6.07) is 9.77. The maximum absolute atomic E-state index is 13.1. The lowest BCUT2D eigenvalue weighted by molar-refractivity contribution is 0.0916. The molecule has 5 nitrogen and oxygen atoms in total. The van der Waals surface area contributed by atoms with Crippen molar-refractivity contribution in [3.05, 3.63) is 64.1 Å². The molecule has 1 N–H and O–H groups in total. The van der Waals surface area contributed by atoms with Gasteiger partial charge in [-0.1, -0.05) is 19.9 Å². The molecule has 0 saturated carbocycles. The number of nitrogens with zero attached hydrogens (tertiary/aromatic N) is 3. The van der Waals surface area contributed by atoms with Crippen molar-refractivity contribution < 1.29 is 9.18 Å². The van der Waals surface area contributed by atoms with Gasteiger partial charge >= 0.3 is 0 Å². The summed E-state index contributed by atoms with van der Waals surface area (Å²) in [5.74, 6) is 0.257. The lowest BCUT2D eigenvalue weighted by atomic mass is 10.0. The van der Waals surface area contributed by atoms with Crippen molar-refractivity contribution in [1.29, 1.82) is 0 Å². The van der Waals surface area contributed by atoms with E-state index in [1.807, 2.05) is 17.5 Å². The van der Waals surface area contributed by atoms with Crippen LogP contribution >= 0.6 is 11.3 Å². The monoisotopic (exact) mass is 358 g/mol. The number of hydrogen-bond donors (Lipinski definition) is 1. The molecule has 1 atom stereocenters. The fourth-order valence-electron chi connectivity index (χ4n) is 2.55. The molecule has 2 aromatic heterocycles. The van der Waals surface area contributed by atoms with Gasteiger partial charge < -0.3 is 5.32 Å². The van der Waals surface area contributed by atoms with Crippen LogP contribution < -0.4 is 5.32 Å². The summed E-state index contributed by atoms with van der Waals surface area (Å²) in [5.41, 5.74) is 0.657. The Morgan fingerprint density at radius 3 is 2.56 bits per heavy atom. The van der Waals surface area contributed by atoms with Crippen LogP contribution in [0.15, 0.2) is 41.8 Å². The van der Waals surface area contributed by atoms with Crippen LogP contribution in [-0.4, -0.2) is 20.7 Å². The minimum Gasteiger partial charge on any atom is -0.341 e. The Bertz CT molecular complexity index is 856. The number of carbonyl (C=O) groups is 1. The van der Waals surface area contributed by atoms with E-state index in [4.69, 9.17) is 0 Å². The highest BCUT2D eigenvalue weighted by Crippen LogP contribution is 2.26. The molecule has 0 aliphatic heterocycles. The minimum atomic E-state index is -0.324. The SMILES string of the molecule is Cc1nc(C(=O)N[C@H](c2cccs2)C(C)C)nn1-c1ccc(F)cc1. The minimum absolute atomic E-state index is 0.0921. The Morgan fingerprint density at radius 1 is 1.24 bits per heavy atom. The number of hydrogen-bond acceptors (Lipinski definition) is 4. The largest absolute Gasteiger partial charge is 0.341 e. The summed E-state index contributed by atoms with van der Waals surface area (Å²) in [6.07, 6.45) is 0. The summed E-state index contributed by atoms with van der Waals surface area (Å²) in [4.78, 5) is 17.9. The van der Waals surface area contributed by atoms with E-state index in [0.717, 1.165) is 4.88 Å². The van der Waals surface area contributed by atoms with Gasteiger partial charge in [-0.15, -0.1) is 16.4 Å². The van der Waals surface area contributed by atoms with Crippen LogP contribution in [0.4, 0.5) is 4.39 Å². The second kappa shape index (κ2) is 7.14. The zero-order chi connectivity index (χ0) is 18.0. The Balaban J connectivity index is 1.83. The molecule has 0 saturated heterocycles. The molecule has 2 heterocycles. The standard InChI is InChI=1S/C18H19FN4OS/c1-11(2)16(15-5-4-10-25-15)21-18(24)17-20-12(3)23(22-17)14-8-6-13(19)7-9-14/h4-11,16H,1-3H3,(H,21,24)/t16-/m0/s1. The van der Waals surface area contributed by atoms with Crippen molar-refractivity contribution in [2.75, 3.05) is 0 Å². The van der Waals surface area contributed by atoms with Gasteiger partial charge in [-0.3, -0.25) is 4.79 Å². The lowest BCUT2D eigenvalue weighted by Crippen LogP contribution is -2.32. The van der Waals surface area contributed by atoms with Crippen LogP contribution in [0, 0.1) is 18.7 Å². The number of nitrogens with one attached hydrogen (secondary N) is 1. The first kappa shape index (κ1) is 17.3. The maximum Gasteiger partial charge on any atom is 0.291 e. The molecule has 25 heavy (non-hydrogen) atoms. The maximum atomic E-state index is 13.1. The molecule has 0 unspecified atom stereocenters. The fraction of sp³-hybridized carbons (Fsp3) is 0.278. The molecule has 130 valence electrons. The summed E-state index contributed by atoms with van der Waals surface area (Å²) >= 11 is 1.61. The average molecular weight is 358 g/mol. The molecule has 0 spiro atoms. The number of carbonyl (C=O) groups excluding carboxylic acids is 1. The average Bonchev–Trinajstić information content (AvgIpc) is 3.23. The lowest BCUT2D eigenvalue weighted by Gasteiger charge is -2.20. The Morgan fingerprint density at radius 2 is 1.96 bits per heavy atom. The topological polar surface area (TPSA) is 59.8 Å². The second-order valence-corrected chi connectivity index (χ2v) is 7.06. The first-order valence-corrected chi connectivity index (χ1v) is 8.87. The molecule has 0 fully saturated rings. The molecule has 0 bridgehead atoms. The number of rotatable bonds is 5. The third kappa shape index (κ3) is 3.76. The molecule has 7 heteroatoms. The normalized spacial score (nSPS) is 12.4. The highest BCUT2D eigenvalue weighted by Gasteiger charge is 2.23. The van der Waals surface area contributed by atoms with Crippen LogP contribution in [-0.2, 0) is 0 Å². The number of aromatic nitrogens is 3. The molecule has 3 aromatic rings.